The first-order valence-corrected chi connectivity index (χ1v) is 6.35. The van der Waals surface area contributed by atoms with Crippen molar-refractivity contribution in [2.75, 3.05) is 6.61 Å². The summed E-state index contributed by atoms with van der Waals surface area (Å²) in [5, 5.41) is 0. The standard InChI is InChI=1S/C13H22N2O2/c1-4-11(5-2)8-15-9-12(14-10-15)7-13(16)17-6-3/h9-11H,4-8H2,1-3H3. The predicted octanol–water partition coefficient (Wildman–Crippen LogP) is 2.42. The number of imidazole rings is 1. The normalized spacial score (nSPS) is 10.8. The van der Waals surface area contributed by atoms with Crippen LogP contribution in [0.5, 0.6) is 0 Å². The molecule has 0 atom stereocenters. The number of rotatable bonds is 7. The summed E-state index contributed by atoms with van der Waals surface area (Å²) in [5.41, 5.74) is 0.786. The van der Waals surface area contributed by atoms with Gasteiger partial charge in [-0.2, -0.15) is 0 Å². The molecule has 0 fully saturated rings. The van der Waals surface area contributed by atoms with E-state index in [4.69, 9.17) is 4.74 Å². The molecule has 0 saturated carbocycles. The lowest BCUT2D eigenvalue weighted by Crippen LogP contribution is -2.08. The van der Waals surface area contributed by atoms with Gasteiger partial charge in [-0.25, -0.2) is 4.98 Å². The maximum Gasteiger partial charge on any atom is 0.311 e. The molecule has 0 aromatic carbocycles. The number of hydrogen-bond donors (Lipinski definition) is 0. The maximum atomic E-state index is 11.3. The van der Waals surface area contributed by atoms with Gasteiger partial charge in [-0.05, 0) is 12.8 Å². The van der Waals surface area contributed by atoms with Crippen LogP contribution >= 0.6 is 0 Å². The molecule has 0 aliphatic carbocycles. The van der Waals surface area contributed by atoms with Crippen LogP contribution in [0.2, 0.25) is 0 Å². The minimum absolute atomic E-state index is 0.208. The molecule has 0 amide bonds. The van der Waals surface area contributed by atoms with Crippen LogP contribution in [0.15, 0.2) is 12.5 Å². The molecule has 1 aromatic heterocycles. The second-order valence-electron chi connectivity index (χ2n) is 4.23. The Hall–Kier alpha value is -1.32. The fraction of sp³-hybridized carbons (Fsp3) is 0.692. The molecule has 0 radical (unpaired) electrons. The molecule has 0 N–H and O–H groups in total. The van der Waals surface area contributed by atoms with Gasteiger partial charge in [-0.3, -0.25) is 4.79 Å². The molecule has 1 heterocycles. The van der Waals surface area contributed by atoms with E-state index in [2.05, 4.69) is 23.4 Å². The lowest BCUT2D eigenvalue weighted by Gasteiger charge is -2.12. The van der Waals surface area contributed by atoms with E-state index >= 15 is 0 Å². The van der Waals surface area contributed by atoms with Gasteiger partial charge in [0.15, 0.2) is 0 Å². The van der Waals surface area contributed by atoms with E-state index in [1.54, 1.807) is 6.33 Å². The summed E-state index contributed by atoms with van der Waals surface area (Å²) < 4.78 is 6.95. The van der Waals surface area contributed by atoms with Gasteiger partial charge in [0, 0.05) is 12.7 Å². The molecule has 0 aliphatic heterocycles. The molecule has 17 heavy (non-hydrogen) atoms. The molecule has 1 rings (SSSR count). The van der Waals surface area contributed by atoms with Gasteiger partial charge >= 0.3 is 5.97 Å². The third kappa shape index (κ3) is 4.59. The Balaban J connectivity index is 2.50. The van der Waals surface area contributed by atoms with Crippen LogP contribution in [0.4, 0.5) is 0 Å². The minimum atomic E-state index is -0.208. The minimum Gasteiger partial charge on any atom is -0.466 e. The molecule has 0 spiro atoms. The summed E-state index contributed by atoms with van der Waals surface area (Å²) >= 11 is 0. The lowest BCUT2D eigenvalue weighted by molar-refractivity contribution is -0.142. The average molecular weight is 238 g/mol. The van der Waals surface area contributed by atoms with Gasteiger partial charge in [0.25, 0.3) is 0 Å². The fourth-order valence-corrected chi connectivity index (χ4v) is 1.80. The summed E-state index contributed by atoms with van der Waals surface area (Å²) in [4.78, 5) is 15.5. The van der Waals surface area contributed by atoms with Crippen LogP contribution in [0.25, 0.3) is 0 Å². The lowest BCUT2D eigenvalue weighted by atomic mass is 10.0. The second kappa shape index (κ2) is 7.09. The summed E-state index contributed by atoms with van der Waals surface area (Å²) in [7, 11) is 0. The van der Waals surface area contributed by atoms with Crippen LogP contribution in [-0.4, -0.2) is 22.1 Å². The summed E-state index contributed by atoms with van der Waals surface area (Å²) in [6, 6.07) is 0. The molecule has 4 heteroatoms. The molecular formula is C13H22N2O2. The van der Waals surface area contributed by atoms with Gasteiger partial charge < -0.3 is 9.30 Å². The van der Waals surface area contributed by atoms with Gasteiger partial charge in [-0.1, -0.05) is 26.7 Å². The summed E-state index contributed by atoms with van der Waals surface area (Å²) in [5.74, 6) is 0.472. The highest BCUT2D eigenvalue weighted by Gasteiger charge is 2.09. The monoisotopic (exact) mass is 238 g/mol. The van der Waals surface area contributed by atoms with Crippen LogP contribution in [0.3, 0.4) is 0 Å². The van der Waals surface area contributed by atoms with E-state index in [1.807, 2.05) is 13.1 Å². The van der Waals surface area contributed by atoms with Crippen molar-refractivity contribution in [3.05, 3.63) is 18.2 Å². The van der Waals surface area contributed by atoms with E-state index < -0.39 is 0 Å². The number of carbonyl (C=O) groups excluding carboxylic acids is 1. The zero-order valence-corrected chi connectivity index (χ0v) is 11.0. The summed E-state index contributed by atoms with van der Waals surface area (Å²) in [6.45, 7) is 7.61. The van der Waals surface area contributed by atoms with E-state index in [9.17, 15) is 4.79 Å². The van der Waals surface area contributed by atoms with E-state index in [0.717, 1.165) is 12.2 Å². The number of aromatic nitrogens is 2. The van der Waals surface area contributed by atoms with E-state index in [1.165, 1.54) is 12.8 Å². The molecule has 0 unspecified atom stereocenters. The van der Waals surface area contributed by atoms with Gasteiger partial charge in [0.05, 0.1) is 25.0 Å². The second-order valence-corrected chi connectivity index (χ2v) is 4.23. The van der Waals surface area contributed by atoms with Crippen molar-refractivity contribution in [1.82, 2.24) is 9.55 Å². The number of esters is 1. The van der Waals surface area contributed by atoms with Crippen molar-refractivity contribution in [1.29, 1.82) is 0 Å². The first-order valence-electron chi connectivity index (χ1n) is 6.35. The average Bonchev–Trinajstić information content (AvgIpc) is 2.73. The van der Waals surface area contributed by atoms with Crippen molar-refractivity contribution in [3.8, 4) is 0 Å². The molecule has 96 valence electrons. The van der Waals surface area contributed by atoms with Crippen LogP contribution in [0.1, 0.15) is 39.3 Å². The maximum absolute atomic E-state index is 11.3. The third-order valence-electron chi connectivity index (χ3n) is 2.94. The largest absolute Gasteiger partial charge is 0.466 e. The smallest absolute Gasteiger partial charge is 0.311 e. The number of nitrogens with zero attached hydrogens (tertiary/aromatic N) is 2. The zero-order chi connectivity index (χ0) is 12.7. The Labute approximate surface area is 103 Å². The molecular weight excluding hydrogens is 216 g/mol. The number of carbonyl (C=O) groups is 1. The van der Waals surface area contributed by atoms with Gasteiger partial charge in [0.2, 0.25) is 0 Å². The van der Waals surface area contributed by atoms with E-state index in [-0.39, 0.29) is 12.4 Å². The van der Waals surface area contributed by atoms with Crippen molar-refractivity contribution < 1.29 is 9.53 Å². The fourth-order valence-electron chi connectivity index (χ4n) is 1.80. The van der Waals surface area contributed by atoms with Gasteiger partial charge in [0.1, 0.15) is 0 Å². The van der Waals surface area contributed by atoms with Crippen LogP contribution < -0.4 is 0 Å². The predicted molar refractivity (Wildman–Crippen MR) is 66.6 cm³/mol. The third-order valence-corrected chi connectivity index (χ3v) is 2.94. The topological polar surface area (TPSA) is 44.1 Å². The van der Waals surface area contributed by atoms with Crippen LogP contribution in [0, 0.1) is 5.92 Å². The molecule has 0 saturated heterocycles. The highest BCUT2D eigenvalue weighted by molar-refractivity contribution is 5.71. The zero-order valence-electron chi connectivity index (χ0n) is 11.0. The quantitative estimate of drug-likeness (QED) is 0.685. The highest BCUT2D eigenvalue weighted by atomic mass is 16.5. The SMILES string of the molecule is CCOC(=O)Cc1cn(CC(CC)CC)cn1. The van der Waals surface area contributed by atoms with E-state index in [0.29, 0.717) is 12.5 Å². The highest BCUT2D eigenvalue weighted by Crippen LogP contribution is 2.11. The Morgan fingerprint density at radius 3 is 2.71 bits per heavy atom. The van der Waals surface area contributed by atoms with Crippen molar-refractivity contribution in [2.24, 2.45) is 5.92 Å². The summed E-state index contributed by atoms with van der Waals surface area (Å²) in [6.07, 6.45) is 6.34. The molecule has 4 nitrogen and oxygen atoms in total. The number of ether oxygens (including phenoxy) is 1. The Bertz CT molecular complexity index is 343. The Morgan fingerprint density at radius 1 is 1.41 bits per heavy atom. The van der Waals surface area contributed by atoms with Crippen molar-refractivity contribution in [2.45, 2.75) is 46.6 Å². The molecule has 1 aromatic rings. The Kier molecular flexibility index (Phi) is 5.73. The number of hydrogen-bond acceptors (Lipinski definition) is 3. The first kappa shape index (κ1) is 13.7. The Morgan fingerprint density at radius 2 is 2.12 bits per heavy atom. The van der Waals surface area contributed by atoms with Crippen molar-refractivity contribution in [3.63, 3.8) is 0 Å². The first-order chi connectivity index (χ1) is 8.19. The van der Waals surface area contributed by atoms with Gasteiger partial charge in [-0.15, -0.1) is 0 Å². The molecule has 0 aliphatic rings. The van der Waals surface area contributed by atoms with Crippen molar-refractivity contribution >= 4 is 5.97 Å². The van der Waals surface area contributed by atoms with Crippen LogP contribution in [-0.2, 0) is 22.5 Å². The molecule has 0 bridgehead atoms.